The van der Waals surface area contributed by atoms with Crippen molar-refractivity contribution in [2.75, 3.05) is 0 Å². The molecule has 2 aliphatic rings. The molecule has 0 aliphatic heterocycles. The maximum absolute atomic E-state index is 13.2. The molecule has 2 N–H and O–H groups in total. The summed E-state index contributed by atoms with van der Waals surface area (Å²) in [6.45, 7) is 1.84. The van der Waals surface area contributed by atoms with E-state index >= 15 is 0 Å². The van der Waals surface area contributed by atoms with Crippen molar-refractivity contribution in [2.45, 2.75) is 50.7 Å². The van der Waals surface area contributed by atoms with E-state index in [2.05, 4.69) is 5.32 Å². The van der Waals surface area contributed by atoms with Crippen LogP contribution in [0.3, 0.4) is 0 Å². The highest BCUT2D eigenvalue weighted by atomic mass is 35.5. The highest BCUT2D eigenvalue weighted by molar-refractivity contribution is 6.31. The number of aliphatic carboxylic acids is 1. The Morgan fingerprint density at radius 3 is 2.36 bits per heavy atom. The number of fused-ring (bicyclic) bond motifs is 1. The van der Waals surface area contributed by atoms with Crippen LogP contribution in [0.4, 0.5) is 0 Å². The minimum atomic E-state index is -1.37. The van der Waals surface area contributed by atoms with Gasteiger partial charge in [0.2, 0.25) is 0 Å². The third kappa shape index (κ3) is 3.35. The summed E-state index contributed by atoms with van der Waals surface area (Å²) in [5, 5.41) is 13.1. The lowest BCUT2D eigenvalue weighted by Crippen LogP contribution is -2.55. The third-order valence-corrected chi connectivity index (χ3v) is 5.90. The van der Waals surface area contributed by atoms with E-state index in [4.69, 9.17) is 16.3 Å². The van der Waals surface area contributed by atoms with Gasteiger partial charge < -0.3 is 15.2 Å². The number of amides is 1. The highest BCUT2D eigenvalue weighted by Gasteiger charge is 2.45. The van der Waals surface area contributed by atoms with Gasteiger partial charge in [-0.25, -0.2) is 4.79 Å². The second kappa shape index (κ2) is 7.13. The van der Waals surface area contributed by atoms with Crippen LogP contribution in [0.25, 0.3) is 0 Å². The molecule has 6 heteroatoms. The van der Waals surface area contributed by atoms with E-state index < -0.39 is 17.4 Å². The summed E-state index contributed by atoms with van der Waals surface area (Å²) in [6, 6.07) is 10.9. The van der Waals surface area contributed by atoms with Crippen LogP contribution in [0.15, 0.2) is 36.4 Å². The van der Waals surface area contributed by atoms with Crippen LogP contribution >= 0.6 is 11.6 Å². The number of hydrogen-bond donors (Lipinski definition) is 2. The average molecular weight is 400 g/mol. The number of carbonyl (C=O) groups excluding carboxylic acids is 1. The molecule has 0 saturated heterocycles. The third-order valence-electron chi connectivity index (χ3n) is 5.69. The van der Waals surface area contributed by atoms with Crippen molar-refractivity contribution in [1.82, 2.24) is 5.32 Å². The summed E-state index contributed by atoms with van der Waals surface area (Å²) in [6.07, 6.45) is 3.62. The molecule has 5 nitrogen and oxygen atoms in total. The summed E-state index contributed by atoms with van der Waals surface area (Å²) in [4.78, 5) is 25.3. The molecule has 0 bridgehead atoms. The number of rotatable bonds is 5. The van der Waals surface area contributed by atoms with E-state index in [1.807, 2.05) is 31.2 Å². The molecule has 2 aromatic rings. The Bertz CT molecular complexity index is 927. The lowest BCUT2D eigenvalue weighted by molar-refractivity contribution is -0.144. The number of aryl methyl sites for hydroxylation is 1. The predicted molar refractivity (Wildman–Crippen MR) is 106 cm³/mol. The van der Waals surface area contributed by atoms with Gasteiger partial charge in [0.05, 0.1) is 11.7 Å². The molecule has 0 unspecified atom stereocenters. The first-order chi connectivity index (χ1) is 13.4. The van der Waals surface area contributed by atoms with Crippen LogP contribution in [0.2, 0.25) is 5.02 Å². The maximum Gasteiger partial charge on any atom is 0.330 e. The van der Waals surface area contributed by atoms with Crippen LogP contribution < -0.4 is 10.1 Å². The molecule has 0 spiro atoms. The maximum atomic E-state index is 13.2. The molecule has 1 fully saturated rings. The van der Waals surface area contributed by atoms with Crippen LogP contribution in [-0.2, 0) is 17.6 Å². The summed E-state index contributed by atoms with van der Waals surface area (Å²) < 4.78 is 6.04. The number of ether oxygens (including phenoxy) is 1. The zero-order valence-electron chi connectivity index (χ0n) is 15.6. The molecule has 4 rings (SSSR count). The van der Waals surface area contributed by atoms with Crippen molar-refractivity contribution in [3.8, 4) is 5.75 Å². The Balaban J connectivity index is 1.65. The first-order valence-corrected chi connectivity index (χ1v) is 9.85. The lowest BCUT2D eigenvalue weighted by atomic mass is 9.94. The van der Waals surface area contributed by atoms with Gasteiger partial charge in [0.25, 0.3) is 5.91 Å². The largest absolute Gasteiger partial charge is 0.489 e. The van der Waals surface area contributed by atoms with Crippen molar-refractivity contribution >= 4 is 23.5 Å². The minimum absolute atomic E-state index is 0.0931. The molecule has 0 atom stereocenters. The van der Waals surface area contributed by atoms with Crippen molar-refractivity contribution < 1.29 is 19.4 Å². The summed E-state index contributed by atoms with van der Waals surface area (Å²) in [5.41, 5.74) is 1.57. The van der Waals surface area contributed by atoms with Crippen LogP contribution in [0.5, 0.6) is 5.75 Å². The van der Waals surface area contributed by atoms with Gasteiger partial charge in [-0.05, 0) is 55.0 Å². The fourth-order valence-electron chi connectivity index (χ4n) is 3.90. The van der Waals surface area contributed by atoms with Crippen LogP contribution in [-0.4, -0.2) is 28.6 Å². The van der Waals surface area contributed by atoms with Gasteiger partial charge >= 0.3 is 5.97 Å². The SMILES string of the molecule is Cc1cc(Cl)cc(C(=O)NC2(C(=O)O)Cc3ccccc3C2)c1OC1CCC1. The number of carboxylic acids is 1. The zero-order valence-corrected chi connectivity index (χ0v) is 16.4. The monoisotopic (exact) mass is 399 g/mol. The molecule has 2 aliphatic carbocycles. The van der Waals surface area contributed by atoms with Crippen molar-refractivity contribution in [3.05, 3.63) is 63.7 Å². The lowest BCUT2D eigenvalue weighted by Gasteiger charge is -2.30. The average Bonchev–Trinajstić information content (AvgIpc) is 2.98. The Morgan fingerprint density at radius 2 is 1.82 bits per heavy atom. The van der Waals surface area contributed by atoms with Gasteiger partial charge in [0, 0.05) is 17.9 Å². The Morgan fingerprint density at radius 1 is 1.18 bits per heavy atom. The second-order valence-corrected chi connectivity index (χ2v) is 8.17. The van der Waals surface area contributed by atoms with Gasteiger partial charge in [-0.1, -0.05) is 35.9 Å². The number of benzene rings is 2. The quantitative estimate of drug-likeness (QED) is 0.798. The minimum Gasteiger partial charge on any atom is -0.489 e. The van der Waals surface area contributed by atoms with E-state index in [1.165, 1.54) is 0 Å². The van der Waals surface area contributed by atoms with E-state index in [0.717, 1.165) is 36.0 Å². The van der Waals surface area contributed by atoms with E-state index in [0.29, 0.717) is 10.8 Å². The van der Waals surface area contributed by atoms with Crippen molar-refractivity contribution in [3.63, 3.8) is 0 Å². The Kier molecular flexibility index (Phi) is 4.79. The second-order valence-electron chi connectivity index (χ2n) is 7.73. The molecule has 2 aromatic carbocycles. The van der Waals surface area contributed by atoms with Gasteiger partial charge in [-0.2, -0.15) is 0 Å². The zero-order chi connectivity index (χ0) is 19.9. The summed E-state index contributed by atoms with van der Waals surface area (Å²) in [7, 11) is 0. The van der Waals surface area contributed by atoms with Gasteiger partial charge in [0.1, 0.15) is 11.3 Å². The van der Waals surface area contributed by atoms with Gasteiger partial charge in [-0.15, -0.1) is 0 Å². The molecular weight excluding hydrogens is 378 g/mol. The first-order valence-electron chi connectivity index (χ1n) is 9.47. The molecule has 0 aromatic heterocycles. The molecule has 1 saturated carbocycles. The van der Waals surface area contributed by atoms with E-state index in [9.17, 15) is 14.7 Å². The van der Waals surface area contributed by atoms with Crippen LogP contribution in [0, 0.1) is 6.92 Å². The van der Waals surface area contributed by atoms with Crippen molar-refractivity contribution in [2.24, 2.45) is 0 Å². The first kappa shape index (κ1) is 18.8. The molecule has 0 radical (unpaired) electrons. The normalized spacial score (nSPS) is 17.5. The number of halogens is 1. The number of hydrogen-bond acceptors (Lipinski definition) is 3. The fourth-order valence-corrected chi connectivity index (χ4v) is 4.18. The number of carboxylic acid groups (broad SMARTS) is 1. The summed E-state index contributed by atoms with van der Waals surface area (Å²) in [5.74, 6) is -1.03. The predicted octanol–water partition coefficient (Wildman–Crippen LogP) is 3.93. The highest BCUT2D eigenvalue weighted by Crippen LogP contribution is 2.35. The van der Waals surface area contributed by atoms with E-state index in [1.54, 1.807) is 12.1 Å². The number of carbonyl (C=O) groups is 2. The number of nitrogens with one attached hydrogen (secondary N) is 1. The Labute approximate surface area is 168 Å². The molecular formula is C22H22ClNO4. The smallest absolute Gasteiger partial charge is 0.330 e. The molecule has 146 valence electrons. The Hall–Kier alpha value is -2.53. The van der Waals surface area contributed by atoms with Crippen LogP contribution in [0.1, 0.15) is 46.3 Å². The molecule has 1 amide bonds. The fraction of sp³-hybridized carbons (Fsp3) is 0.364. The standard InChI is InChI=1S/C22H22ClNO4/c1-13-9-16(23)10-18(19(13)28-17-7-4-8-17)20(25)24-22(21(26)27)11-14-5-2-3-6-15(14)12-22/h2-3,5-6,9-10,17H,4,7-8,11-12H2,1H3,(H,24,25)(H,26,27). The molecule has 28 heavy (non-hydrogen) atoms. The van der Waals surface area contributed by atoms with Gasteiger partial charge in [0.15, 0.2) is 0 Å². The van der Waals surface area contributed by atoms with E-state index in [-0.39, 0.29) is 24.5 Å². The molecule has 0 heterocycles. The van der Waals surface area contributed by atoms with Crippen molar-refractivity contribution in [1.29, 1.82) is 0 Å². The van der Waals surface area contributed by atoms with Gasteiger partial charge in [-0.3, -0.25) is 4.79 Å². The topological polar surface area (TPSA) is 75.6 Å². The summed E-state index contributed by atoms with van der Waals surface area (Å²) >= 11 is 6.19.